The molecule has 0 radical (unpaired) electrons. The Morgan fingerprint density at radius 3 is 2.30 bits per heavy atom. The lowest BCUT2D eigenvalue weighted by Crippen LogP contribution is -2.39. The maximum absolute atomic E-state index is 5.95. The Morgan fingerprint density at radius 1 is 1.00 bits per heavy atom. The second-order valence-electron chi connectivity index (χ2n) is 6.28. The minimum atomic E-state index is 0.389. The number of rotatable bonds is 4. The molecule has 3 rings (SSSR count). The number of hydrogen-bond donors (Lipinski definition) is 1. The number of ether oxygens (including phenoxy) is 1. The van der Waals surface area contributed by atoms with Crippen LogP contribution in [0.15, 0.2) is 24.3 Å². The fraction of sp³-hybridized carbons (Fsp3) is 0.647. The molecule has 1 aromatic rings. The van der Waals surface area contributed by atoms with Crippen LogP contribution in [0, 0.1) is 5.92 Å². The fourth-order valence-electron chi connectivity index (χ4n) is 3.30. The standard InChI is InChI=1S/C17H26N2O/c18-15-9-11-19(12-10-15)16-5-7-17(8-6-16)20-13-14-3-1-2-4-14/h5-8,14-15H,1-4,9-13,18H2. The third-order valence-corrected chi connectivity index (χ3v) is 4.70. The van der Waals surface area contributed by atoms with Gasteiger partial charge in [-0.05, 0) is 55.9 Å². The molecule has 3 nitrogen and oxygen atoms in total. The predicted octanol–water partition coefficient (Wildman–Crippen LogP) is 3.18. The summed E-state index contributed by atoms with van der Waals surface area (Å²) < 4.78 is 5.91. The zero-order valence-electron chi connectivity index (χ0n) is 12.3. The van der Waals surface area contributed by atoms with E-state index in [0.29, 0.717) is 6.04 Å². The maximum atomic E-state index is 5.95. The van der Waals surface area contributed by atoms with Crippen molar-refractivity contribution < 1.29 is 4.74 Å². The fourth-order valence-corrected chi connectivity index (χ4v) is 3.30. The van der Waals surface area contributed by atoms with Crippen molar-refractivity contribution in [2.45, 2.75) is 44.6 Å². The van der Waals surface area contributed by atoms with Gasteiger partial charge in [0, 0.05) is 24.8 Å². The van der Waals surface area contributed by atoms with Crippen molar-refractivity contribution in [3.05, 3.63) is 24.3 Å². The van der Waals surface area contributed by atoms with E-state index in [1.54, 1.807) is 0 Å². The highest BCUT2D eigenvalue weighted by atomic mass is 16.5. The average molecular weight is 274 g/mol. The highest BCUT2D eigenvalue weighted by molar-refractivity contribution is 5.49. The molecule has 2 N–H and O–H groups in total. The van der Waals surface area contributed by atoms with E-state index in [0.717, 1.165) is 44.2 Å². The lowest BCUT2D eigenvalue weighted by atomic mass is 10.1. The highest BCUT2D eigenvalue weighted by Crippen LogP contribution is 2.27. The van der Waals surface area contributed by atoms with E-state index < -0.39 is 0 Å². The Morgan fingerprint density at radius 2 is 1.65 bits per heavy atom. The van der Waals surface area contributed by atoms with Crippen molar-refractivity contribution in [2.24, 2.45) is 11.7 Å². The first-order valence-corrected chi connectivity index (χ1v) is 8.04. The molecule has 20 heavy (non-hydrogen) atoms. The van der Waals surface area contributed by atoms with Gasteiger partial charge in [0.05, 0.1) is 6.61 Å². The van der Waals surface area contributed by atoms with Crippen molar-refractivity contribution in [1.29, 1.82) is 0 Å². The van der Waals surface area contributed by atoms with Crippen LogP contribution in [0.4, 0.5) is 5.69 Å². The highest BCUT2D eigenvalue weighted by Gasteiger charge is 2.17. The van der Waals surface area contributed by atoms with Crippen LogP contribution < -0.4 is 15.4 Å². The number of nitrogens with two attached hydrogens (primary N) is 1. The van der Waals surface area contributed by atoms with Crippen LogP contribution in [0.3, 0.4) is 0 Å². The number of anilines is 1. The quantitative estimate of drug-likeness (QED) is 0.916. The number of hydrogen-bond acceptors (Lipinski definition) is 3. The van der Waals surface area contributed by atoms with Crippen LogP contribution in [0.1, 0.15) is 38.5 Å². The maximum Gasteiger partial charge on any atom is 0.119 e. The first kappa shape index (κ1) is 13.7. The molecule has 1 aromatic carbocycles. The van der Waals surface area contributed by atoms with Crippen LogP contribution in [-0.2, 0) is 0 Å². The topological polar surface area (TPSA) is 38.5 Å². The van der Waals surface area contributed by atoms with Gasteiger partial charge >= 0.3 is 0 Å². The summed E-state index contributed by atoms with van der Waals surface area (Å²) in [5.41, 5.74) is 7.25. The molecule has 1 aliphatic carbocycles. The summed E-state index contributed by atoms with van der Waals surface area (Å²) in [5.74, 6) is 1.78. The molecule has 0 atom stereocenters. The molecule has 0 spiro atoms. The van der Waals surface area contributed by atoms with Crippen LogP contribution in [-0.4, -0.2) is 25.7 Å². The zero-order valence-corrected chi connectivity index (χ0v) is 12.3. The minimum Gasteiger partial charge on any atom is -0.493 e. The van der Waals surface area contributed by atoms with Gasteiger partial charge in [-0.15, -0.1) is 0 Å². The molecule has 3 heteroatoms. The van der Waals surface area contributed by atoms with Gasteiger partial charge in [-0.1, -0.05) is 12.8 Å². The molecule has 1 saturated carbocycles. The normalized spacial score (nSPS) is 21.4. The van der Waals surface area contributed by atoms with E-state index in [9.17, 15) is 0 Å². The summed E-state index contributed by atoms with van der Waals surface area (Å²) in [6.45, 7) is 3.03. The summed E-state index contributed by atoms with van der Waals surface area (Å²) in [7, 11) is 0. The summed E-state index contributed by atoms with van der Waals surface area (Å²) in [6, 6.07) is 8.97. The molecule has 0 aromatic heterocycles. The third-order valence-electron chi connectivity index (χ3n) is 4.70. The van der Waals surface area contributed by atoms with Crippen LogP contribution in [0.5, 0.6) is 5.75 Å². The Labute approximate surface area is 122 Å². The van der Waals surface area contributed by atoms with Gasteiger partial charge in [-0.25, -0.2) is 0 Å². The monoisotopic (exact) mass is 274 g/mol. The van der Waals surface area contributed by atoms with Gasteiger partial charge in [0.25, 0.3) is 0 Å². The van der Waals surface area contributed by atoms with Crippen LogP contribution in [0.25, 0.3) is 0 Å². The van der Waals surface area contributed by atoms with Gasteiger partial charge in [-0.3, -0.25) is 0 Å². The average Bonchev–Trinajstić information content (AvgIpc) is 3.00. The molecule has 110 valence electrons. The molecular formula is C17H26N2O. The minimum absolute atomic E-state index is 0.389. The predicted molar refractivity (Wildman–Crippen MR) is 83.3 cm³/mol. The molecular weight excluding hydrogens is 248 g/mol. The van der Waals surface area contributed by atoms with Crippen LogP contribution in [0.2, 0.25) is 0 Å². The van der Waals surface area contributed by atoms with Crippen molar-refractivity contribution >= 4 is 5.69 Å². The van der Waals surface area contributed by atoms with Gasteiger partial charge < -0.3 is 15.4 Å². The van der Waals surface area contributed by atoms with Gasteiger partial charge in [-0.2, -0.15) is 0 Å². The molecule has 1 aliphatic heterocycles. The SMILES string of the molecule is NC1CCN(c2ccc(OCC3CCCC3)cc2)CC1. The molecule has 1 heterocycles. The van der Waals surface area contributed by atoms with Crippen LogP contribution >= 0.6 is 0 Å². The number of piperidine rings is 1. The van der Waals surface area contributed by atoms with E-state index in [-0.39, 0.29) is 0 Å². The first-order valence-electron chi connectivity index (χ1n) is 8.04. The lowest BCUT2D eigenvalue weighted by molar-refractivity contribution is 0.252. The Bertz CT molecular complexity index is 404. The van der Waals surface area contributed by atoms with E-state index in [1.165, 1.54) is 31.4 Å². The Balaban J connectivity index is 1.51. The largest absolute Gasteiger partial charge is 0.493 e. The number of nitrogens with zero attached hydrogens (tertiary/aromatic N) is 1. The van der Waals surface area contributed by atoms with Crippen molar-refractivity contribution in [3.63, 3.8) is 0 Å². The van der Waals surface area contributed by atoms with Crippen molar-refractivity contribution in [1.82, 2.24) is 0 Å². The molecule has 0 unspecified atom stereocenters. The molecule has 0 amide bonds. The smallest absolute Gasteiger partial charge is 0.119 e. The van der Waals surface area contributed by atoms with E-state index >= 15 is 0 Å². The zero-order chi connectivity index (χ0) is 13.8. The summed E-state index contributed by atoms with van der Waals surface area (Å²) in [5, 5.41) is 0. The van der Waals surface area contributed by atoms with Gasteiger partial charge in [0.2, 0.25) is 0 Å². The van der Waals surface area contributed by atoms with E-state index in [4.69, 9.17) is 10.5 Å². The summed E-state index contributed by atoms with van der Waals surface area (Å²) >= 11 is 0. The van der Waals surface area contributed by atoms with Crippen molar-refractivity contribution in [3.8, 4) is 5.75 Å². The van der Waals surface area contributed by atoms with Gasteiger partial charge in [0.1, 0.15) is 5.75 Å². The Kier molecular flexibility index (Phi) is 4.46. The van der Waals surface area contributed by atoms with Gasteiger partial charge in [0.15, 0.2) is 0 Å². The van der Waals surface area contributed by atoms with E-state index in [2.05, 4.69) is 29.2 Å². The molecule has 2 aliphatic rings. The summed E-state index contributed by atoms with van der Waals surface area (Å²) in [6.07, 6.45) is 7.63. The first-order chi connectivity index (χ1) is 9.81. The summed E-state index contributed by atoms with van der Waals surface area (Å²) in [4.78, 5) is 2.42. The van der Waals surface area contributed by atoms with E-state index in [1.807, 2.05) is 0 Å². The molecule has 2 fully saturated rings. The second kappa shape index (κ2) is 6.49. The molecule has 0 bridgehead atoms. The second-order valence-corrected chi connectivity index (χ2v) is 6.28. The van der Waals surface area contributed by atoms with Crippen molar-refractivity contribution in [2.75, 3.05) is 24.6 Å². The molecule has 1 saturated heterocycles. The number of benzene rings is 1. The lowest BCUT2D eigenvalue weighted by Gasteiger charge is -2.32. The third kappa shape index (κ3) is 3.45. The Hall–Kier alpha value is -1.22.